The van der Waals surface area contributed by atoms with Crippen molar-refractivity contribution in [3.8, 4) is 0 Å². The fraction of sp³-hybridized carbons (Fsp3) is 0.133. The lowest BCUT2D eigenvalue weighted by molar-refractivity contribution is -0.137. The Kier molecular flexibility index (Phi) is 7.20. The number of alkyl halides is 3. The lowest BCUT2D eigenvalue weighted by Crippen LogP contribution is -2.30. The summed E-state index contributed by atoms with van der Waals surface area (Å²) < 4.78 is 42.4. The van der Waals surface area contributed by atoms with Gasteiger partial charge in [0.2, 0.25) is 5.91 Å². The number of benzene rings is 3. The fourth-order valence-corrected chi connectivity index (χ4v) is 4.77. The summed E-state index contributed by atoms with van der Waals surface area (Å²) in [6, 6.07) is 27.1. The number of rotatable bonds is 7. The van der Waals surface area contributed by atoms with E-state index in [1.807, 2.05) is 60.7 Å². The van der Waals surface area contributed by atoms with E-state index in [0.29, 0.717) is 21.9 Å². The van der Waals surface area contributed by atoms with Crippen LogP contribution >= 0.6 is 11.6 Å². The first kappa shape index (κ1) is 25.5. The molecule has 0 spiro atoms. The van der Waals surface area contributed by atoms with Gasteiger partial charge in [-0.1, -0.05) is 90.5 Å². The number of carbonyl (C=O) groups is 1. The Morgan fingerprint density at radius 1 is 0.868 bits per heavy atom. The van der Waals surface area contributed by atoms with Crippen molar-refractivity contribution in [1.82, 2.24) is 14.7 Å². The molecule has 38 heavy (non-hydrogen) atoms. The maximum atomic E-state index is 13.6. The summed E-state index contributed by atoms with van der Waals surface area (Å²) >= 11 is 6.22. The molecule has 192 valence electrons. The molecule has 8 heteroatoms. The number of nitrogens with one attached hydrogen (secondary N) is 1. The molecule has 0 fully saturated rings. The summed E-state index contributed by atoms with van der Waals surface area (Å²) in [5.41, 5.74) is 2.50. The number of fused-ring (bicyclic) bond motifs is 1. The van der Waals surface area contributed by atoms with E-state index in [-0.39, 0.29) is 12.3 Å². The normalized spacial score (nSPS) is 12.6. The van der Waals surface area contributed by atoms with Crippen LogP contribution in [0.3, 0.4) is 0 Å². The smallest absolute Gasteiger partial charge is 0.345 e. The van der Waals surface area contributed by atoms with Crippen molar-refractivity contribution in [1.29, 1.82) is 0 Å². The van der Waals surface area contributed by atoms with Crippen LogP contribution in [0.15, 0.2) is 109 Å². The average molecular weight is 534 g/mol. The zero-order valence-electron chi connectivity index (χ0n) is 20.1. The minimum absolute atomic E-state index is 0.0994. The van der Waals surface area contributed by atoms with Gasteiger partial charge in [-0.25, -0.2) is 4.98 Å². The van der Waals surface area contributed by atoms with E-state index in [9.17, 15) is 18.0 Å². The van der Waals surface area contributed by atoms with Gasteiger partial charge in [0.15, 0.2) is 0 Å². The van der Waals surface area contributed by atoms with Gasteiger partial charge in [-0.15, -0.1) is 0 Å². The molecule has 0 bridgehead atoms. The number of pyridine rings is 1. The van der Waals surface area contributed by atoms with Gasteiger partial charge in [0.25, 0.3) is 0 Å². The number of halogens is 4. The average Bonchev–Trinajstić information content (AvgIpc) is 3.33. The second kappa shape index (κ2) is 10.7. The van der Waals surface area contributed by atoms with Crippen molar-refractivity contribution in [3.05, 3.63) is 142 Å². The summed E-state index contributed by atoms with van der Waals surface area (Å²) in [4.78, 5) is 18.0. The van der Waals surface area contributed by atoms with E-state index in [1.54, 1.807) is 35.0 Å². The minimum Gasteiger partial charge on any atom is -0.345 e. The summed E-state index contributed by atoms with van der Waals surface area (Å²) in [5, 5.41) is 3.54. The molecule has 0 aliphatic carbocycles. The molecule has 2 heterocycles. The molecular weight excluding hydrogens is 511 g/mol. The third-order valence-corrected chi connectivity index (χ3v) is 6.66. The highest BCUT2D eigenvalue weighted by atomic mass is 35.5. The van der Waals surface area contributed by atoms with Gasteiger partial charge in [-0.05, 0) is 34.9 Å². The number of aromatic nitrogens is 2. The summed E-state index contributed by atoms with van der Waals surface area (Å²) in [6.07, 6.45) is -1.39. The van der Waals surface area contributed by atoms with Crippen LogP contribution < -0.4 is 5.32 Å². The van der Waals surface area contributed by atoms with E-state index in [1.165, 1.54) is 6.07 Å². The molecule has 0 saturated heterocycles. The Morgan fingerprint density at radius 3 is 2.13 bits per heavy atom. The zero-order chi connectivity index (χ0) is 26.7. The molecule has 0 aliphatic rings. The van der Waals surface area contributed by atoms with Gasteiger partial charge in [0, 0.05) is 24.7 Å². The van der Waals surface area contributed by atoms with Crippen LogP contribution in [-0.4, -0.2) is 15.3 Å². The topological polar surface area (TPSA) is 46.4 Å². The summed E-state index contributed by atoms with van der Waals surface area (Å²) in [5.74, 6) is -1.03. The maximum Gasteiger partial charge on any atom is 0.416 e. The predicted molar refractivity (Wildman–Crippen MR) is 141 cm³/mol. The highest BCUT2D eigenvalue weighted by Crippen LogP contribution is 2.35. The van der Waals surface area contributed by atoms with Crippen LogP contribution in [0.25, 0.3) is 5.65 Å². The van der Waals surface area contributed by atoms with E-state index in [4.69, 9.17) is 11.6 Å². The first-order chi connectivity index (χ1) is 18.3. The van der Waals surface area contributed by atoms with E-state index in [0.717, 1.165) is 23.3 Å². The molecule has 1 atom stereocenters. The zero-order valence-corrected chi connectivity index (χ0v) is 20.8. The van der Waals surface area contributed by atoms with Gasteiger partial charge in [-0.3, -0.25) is 4.79 Å². The Bertz CT molecular complexity index is 1510. The molecular formula is C30H23ClF3N3O. The van der Waals surface area contributed by atoms with Crippen LogP contribution in [0.5, 0.6) is 0 Å². The Hall–Kier alpha value is -4.10. The molecule has 1 N–H and O–H groups in total. The Labute approximate surface area is 222 Å². The molecule has 3 aromatic carbocycles. The molecule has 2 aromatic heterocycles. The molecule has 5 aromatic rings. The second-order valence-corrected chi connectivity index (χ2v) is 9.40. The van der Waals surface area contributed by atoms with Gasteiger partial charge in [0.1, 0.15) is 5.65 Å². The lowest BCUT2D eigenvalue weighted by atomic mass is 9.90. The largest absolute Gasteiger partial charge is 0.416 e. The van der Waals surface area contributed by atoms with Gasteiger partial charge >= 0.3 is 6.18 Å². The third kappa shape index (κ3) is 5.58. The minimum atomic E-state index is -4.52. The SMILES string of the molecule is O=C(CC(c1cccc(C(F)(F)F)c1)c1cnc2ccc(Cl)cn12)NC(c1ccccc1)c1ccccc1. The number of hydrogen-bond acceptors (Lipinski definition) is 2. The maximum absolute atomic E-state index is 13.6. The molecule has 0 saturated carbocycles. The number of hydrogen-bond donors (Lipinski definition) is 1. The van der Waals surface area contributed by atoms with Gasteiger partial charge < -0.3 is 9.72 Å². The van der Waals surface area contributed by atoms with Gasteiger partial charge in [0.05, 0.1) is 22.3 Å². The summed E-state index contributed by atoms with van der Waals surface area (Å²) in [7, 11) is 0. The molecule has 0 aliphatic heterocycles. The summed E-state index contributed by atoms with van der Waals surface area (Å²) in [6.45, 7) is 0. The standard InChI is InChI=1S/C30H23ClF3N3O/c31-24-14-15-27-35-18-26(37(27)19-24)25(22-12-7-13-23(16-22)30(32,33)34)17-28(38)36-29(20-8-3-1-4-9-20)21-10-5-2-6-11-21/h1-16,18-19,25,29H,17H2,(H,36,38). The van der Waals surface area contributed by atoms with E-state index >= 15 is 0 Å². The Morgan fingerprint density at radius 2 is 1.50 bits per heavy atom. The van der Waals surface area contributed by atoms with Crippen molar-refractivity contribution in [2.75, 3.05) is 0 Å². The van der Waals surface area contributed by atoms with Crippen molar-refractivity contribution >= 4 is 23.2 Å². The monoisotopic (exact) mass is 533 g/mol. The molecule has 1 amide bonds. The number of carbonyl (C=O) groups excluding carboxylic acids is 1. The molecule has 4 nitrogen and oxygen atoms in total. The molecule has 1 unspecified atom stereocenters. The Balaban J connectivity index is 1.53. The number of nitrogens with zero attached hydrogens (tertiary/aromatic N) is 2. The van der Waals surface area contributed by atoms with Crippen molar-refractivity contribution in [2.24, 2.45) is 0 Å². The van der Waals surface area contributed by atoms with Crippen LogP contribution in [0.1, 0.15) is 46.3 Å². The first-order valence-electron chi connectivity index (χ1n) is 12.0. The lowest BCUT2D eigenvalue weighted by Gasteiger charge is -2.23. The van der Waals surface area contributed by atoms with Crippen molar-refractivity contribution in [3.63, 3.8) is 0 Å². The molecule has 5 rings (SSSR count). The third-order valence-electron chi connectivity index (χ3n) is 6.43. The van der Waals surface area contributed by atoms with E-state index in [2.05, 4.69) is 10.3 Å². The molecule has 0 radical (unpaired) electrons. The van der Waals surface area contributed by atoms with E-state index < -0.39 is 23.7 Å². The van der Waals surface area contributed by atoms with Crippen LogP contribution in [0.2, 0.25) is 5.02 Å². The van der Waals surface area contributed by atoms with Crippen molar-refractivity contribution in [2.45, 2.75) is 24.6 Å². The highest BCUT2D eigenvalue weighted by Gasteiger charge is 2.32. The van der Waals surface area contributed by atoms with Crippen molar-refractivity contribution < 1.29 is 18.0 Å². The van der Waals surface area contributed by atoms with Crippen LogP contribution in [0.4, 0.5) is 13.2 Å². The number of imidazole rings is 1. The second-order valence-electron chi connectivity index (χ2n) is 8.96. The quantitative estimate of drug-likeness (QED) is 0.236. The van der Waals surface area contributed by atoms with Crippen LogP contribution in [0, 0.1) is 0 Å². The van der Waals surface area contributed by atoms with Crippen LogP contribution in [-0.2, 0) is 11.0 Å². The fourth-order valence-electron chi connectivity index (χ4n) is 4.61. The predicted octanol–water partition coefficient (Wildman–Crippen LogP) is 7.43. The number of amides is 1. The van der Waals surface area contributed by atoms with Gasteiger partial charge in [-0.2, -0.15) is 13.2 Å². The first-order valence-corrected chi connectivity index (χ1v) is 12.4. The highest BCUT2D eigenvalue weighted by molar-refractivity contribution is 6.30.